The minimum atomic E-state index is -4.64. The molecule has 1 aromatic heterocycles. The van der Waals surface area contributed by atoms with Crippen molar-refractivity contribution in [1.29, 1.82) is 0 Å². The normalized spacial score (nSPS) is 19.6. The zero-order valence-electron chi connectivity index (χ0n) is 21.7. The smallest absolute Gasteiger partial charge is 0.418 e. The van der Waals surface area contributed by atoms with Crippen molar-refractivity contribution in [3.8, 4) is 5.75 Å². The SMILES string of the molecule is O=C(COc1ccc([C@@H]2c3sc(=O)[nH]c3S[C@H]3C(=O)N(c4ccc(Cl)cc4)C(=O)[C@@H]23)cc1)Nc1ccccc1C(F)(F)F. The lowest BCUT2D eigenvalue weighted by Gasteiger charge is -2.29. The van der Waals surface area contributed by atoms with Crippen LogP contribution in [0.15, 0.2) is 82.6 Å². The summed E-state index contributed by atoms with van der Waals surface area (Å²) >= 11 is 8.12. The first-order chi connectivity index (χ1) is 20.5. The van der Waals surface area contributed by atoms with E-state index in [0.717, 1.165) is 40.1 Å². The van der Waals surface area contributed by atoms with E-state index in [9.17, 15) is 32.3 Å². The first-order valence-electron chi connectivity index (χ1n) is 12.7. The maximum absolute atomic E-state index is 13.8. The number of hydrogen-bond acceptors (Lipinski definition) is 7. The number of hydrogen-bond donors (Lipinski definition) is 2. The molecule has 0 unspecified atom stereocenters. The van der Waals surface area contributed by atoms with E-state index in [4.69, 9.17) is 16.3 Å². The number of anilines is 2. The van der Waals surface area contributed by atoms with Crippen molar-refractivity contribution in [3.63, 3.8) is 0 Å². The number of imide groups is 1. The van der Waals surface area contributed by atoms with Crippen LogP contribution in [0.5, 0.6) is 5.75 Å². The summed E-state index contributed by atoms with van der Waals surface area (Å²) in [6.07, 6.45) is -4.64. The third kappa shape index (κ3) is 5.55. The van der Waals surface area contributed by atoms with Gasteiger partial charge in [0.05, 0.1) is 27.9 Å². The van der Waals surface area contributed by atoms with Gasteiger partial charge in [0.25, 0.3) is 5.91 Å². The van der Waals surface area contributed by atoms with Gasteiger partial charge in [0.15, 0.2) is 6.61 Å². The second kappa shape index (κ2) is 11.2. The summed E-state index contributed by atoms with van der Waals surface area (Å²) in [4.78, 5) is 56.1. The molecule has 0 saturated carbocycles. The van der Waals surface area contributed by atoms with Gasteiger partial charge in [-0.05, 0) is 54.1 Å². The Balaban J connectivity index is 1.22. The summed E-state index contributed by atoms with van der Waals surface area (Å²) in [6.45, 7) is -0.553. The first kappa shape index (κ1) is 29.0. The van der Waals surface area contributed by atoms with E-state index >= 15 is 0 Å². The molecule has 1 fully saturated rings. The Labute approximate surface area is 254 Å². The number of thioether (sulfide) groups is 1. The van der Waals surface area contributed by atoms with E-state index in [0.29, 0.717) is 26.2 Å². The highest BCUT2D eigenvalue weighted by Crippen LogP contribution is 2.53. The molecule has 2 aliphatic rings. The Hall–Kier alpha value is -4.07. The van der Waals surface area contributed by atoms with Crippen LogP contribution in [-0.2, 0) is 20.6 Å². The number of rotatable bonds is 6. The first-order valence-corrected chi connectivity index (χ1v) is 14.8. The van der Waals surface area contributed by atoms with Crippen LogP contribution in [0.1, 0.15) is 21.9 Å². The number of alkyl halides is 3. The minimum Gasteiger partial charge on any atom is -0.484 e. The van der Waals surface area contributed by atoms with Crippen LogP contribution in [0.3, 0.4) is 0 Å². The van der Waals surface area contributed by atoms with Crippen molar-refractivity contribution in [2.75, 3.05) is 16.8 Å². The monoisotopic (exact) mass is 645 g/mol. The summed E-state index contributed by atoms with van der Waals surface area (Å²) in [5.74, 6) is -2.75. The fraction of sp³-hybridized carbons (Fsp3) is 0.172. The number of carbonyl (C=O) groups is 3. The average molecular weight is 646 g/mol. The van der Waals surface area contributed by atoms with Gasteiger partial charge >= 0.3 is 11.0 Å². The number of para-hydroxylation sites is 1. The van der Waals surface area contributed by atoms with Crippen LogP contribution in [0.25, 0.3) is 0 Å². The molecular weight excluding hydrogens is 627 g/mol. The van der Waals surface area contributed by atoms with Crippen molar-refractivity contribution in [2.24, 2.45) is 5.92 Å². The van der Waals surface area contributed by atoms with Gasteiger partial charge in [-0.2, -0.15) is 13.2 Å². The third-order valence-electron chi connectivity index (χ3n) is 7.02. The summed E-state index contributed by atoms with van der Waals surface area (Å²) in [7, 11) is 0. The topological polar surface area (TPSA) is 109 Å². The molecule has 0 spiro atoms. The molecule has 43 heavy (non-hydrogen) atoms. The van der Waals surface area contributed by atoms with E-state index < -0.39 is 53.2 Å². The molecule has 14 heteroatoms. The van der Waals surface area contributed by atoms with Crippen LogP contribution < -0.4 is 19.8 Å². The van der Waals surface area contributed by atoms with Crippen molar-refractivity contribution in [1.82, 2.24) is 4.98 Å². The molecule has 3 heterocycles. The molecule has 0 aliphatic carbocycles. The zero-order chi connectivity index (χ0) is 30.5. The van der Waals surface area contributed by atoms with Gasteiger partial charge in [-0.1, -0.05) is 59.0 Å². The zero-order valence-corrected chi connectivity index (χ0v) is 24.1. The number of aromatic amines is 1. The van der Waals surface area contributed by atoms with E-state index in [1.165, 1.54) is 12.1 Å². The van der Waals surface area contributed by atoms with Crippen LogP contribution in [-0.4, -0.2) is 34.6 Å². The Morgan fingerprint density at radius 1 is 0.977 bits per heavy atom. The largest absolute Gasteiger partial charge is 0.484 e. The lowest BCUT2D eigenvalue weighted by Crippen LogP contribution is -2.32. The van der Waals surface area contributed by atoms with Crippen LogP contribution in [0, 0.1) is 5.92 Å². The quantitative estimate of drug-likeness (QED) is 0.252. The number of thiazole rings is 1. The lowest BCUT2D eigenvalue weighted by atomic mass is 9.83. The number of carbonyl (C=O) groups excluding carboxylic acids is 3. The number of ether oxygens (including phenoxy) is 1. The second-order valence-corrected chi connectivity index (χ2v) is 12.3. The summed E-state index contributed by atoms with van der Waals surface area (Å²) in [5.41, 5.74) is -0.322. The standard InChI is InChI=1S/C29H19ClF3N3O5S2/c30-15-7-9-16(10-8-15)36-26(38)22-21(23-25(35-28(40)43-23)42-24(22)27(36)39)14-5-11-17(12-6-14)41-13-20(37)34-19-4-2-1-3-18(19)29(31,32)33/h1-12,21-22,24H,13H2,(H,34,37)(H,35,40)/t21-,22-,24+/m0/s1. The average Bonchev–Trinajstić information content (AvgIpc) is 3.46. The minimum absolute atomic E-state index is 0.254. The van der Waals surface area contributed by atoms with Gasteiger partial charge in [-0.25, -0.2) is 4.90 Å². The Bertz CT molecular complexity index is 1790. The molecule has 2 N–H and O–H groups in total. The van der Waals surface area contributed by atoms with Crippen LogP contribution in [0.2, 0.25) is 5.02 Å². The van der Waals surface area contributed by atoms with Crippen molar-refractivity contribution in [3.05, 3.63) is 103 Å². The molecule has 3 atom stereocenters. The molecule has 4 aromatic rings. The molecule has 6 rings (SSSR count). The third-order valence-corrected chi connectivity index (χ3v) is 9.68. The number of halogens is 4. The van der Waals surface area contributed by atoms with Gasteiger partial charge in [0.1, 0.15) is 11.0 Å². The van der Waals surface area contributed by atoms with E-state index in [1.54, 1.807) is 48.5 Å². The summed E-state index contributed by atoms with van der Waals surface area (Å²) in [5, 5.41) is 2.43. The number of amides is 3. The fourth-order valence-corrected chi connectivity index (χ4v) is 7.81. The number of aromatic nitrogens is 1. The van der Waals surface area contributed by atoms with Gasteiger partial charge < -0.3 is 15.0 Å². The van der Waals surface area contributed by atoms with Crippen molar-refractivity contribution >= 4 is 63.8 Å². The molecule has 3 amide bonds. The molecule has 3 aromatic carbocycles. The molecule has 0 bridgehead atoms. The maximum Gasteiger partial charge on any atom is 0.418 e. The molecule has 1 saturated heterocycles. The van der Waals surface area contributed by atoms with E-state index in [-0.39, 0.29) is 16.3 Å². The molecule has 2 aliphatic heterocycles. The van der Waals surface area contributed by atoms with Crippen molar-refractivity contribution < 1.29 is 32.3 Å². The van der Waals surface area contributed by atoms with Crippen molar-refractivity contribution in [2.45, 2.75) is 22.4 Å². The highest BCUT2D eigenvalue weighted by atomic mass is 35.5. The highest BCUT2D eigenvalue weighted by molar-refractivity contribution is 8.00. The van der Waals surface area contributed by atoms with Crippen LogP contribution in [0.4, 0.5) is 24.5 Å². The van der Waals surface area contributed by atoms with E-state index in [1.807, 2.05) is 0 Å². The number of nitrogens with one attached hydrogen (secondary N) is 2. The Kier molecular flexibility index (Phi) is 7.57. The lowest BCUT2D eigenvalue weighted by molar-refractivity contribution is -0.137. The Morgan fingerprint density at radius 3 is 2.37 bits per heavy atom. The maximum atomic E-state index is 13.8. The molecule has 0 radical (unpaired) electrons. The predicted molar refractivity (Wildman–Crippen MR) is 156 cm³/mol. The molecular formula is C29H19ClF3N3O5S2. The number of fused-ring (bicyclic) bond motifs is 2. The number of H-pyrrole nitrogens is 1. The molecule has 220 valence electrons. The van der Waals surface area contributed by atoms with E-state index in [2.05, 4.69) is 10.3 Å². The highest BCUT2D eigenvalue weighted by Gasteiger charge is 2.56. The summed E-state index contributed by atoms with van der Waals surface area (Å²) in [6, 6.07) is 17.4. The van der Waals surface area contributed by atoms with Crippen LogP contribution >= 0.6 is 34.7 Å². The molecule has 8 nitrogen and oxygen atoms in total. The summed E-state index contributed by atoms with van der Waals surface area (Å²) < 4.78 is 45.2. The predicted octanol–water partition coefficient (Wildman–Crippen LogP) is 5.92. The fourth-order valence-electron chi connectivity index (χ4n) is 5.17. The van der Waals surface area contributed by atoms with Gasteiger partial charge in [0.2, 0.25) is 11.8 Å². The van der Waals surface area contributed by atoms with Gasteiger partial charge in [-0.3, -0.25) is 19.2 Å². The number of benzene rings is 3. The number of nitrogens with zero attached hydrogens (tertiary/aromatic N) is 1. The van der Waals surface area contributed by atoms with Gasteiger partial charge in [0, 0.05) is 15.8 Å². The van der Waals surface area contributed by atoms with Gasteiger partial charge in [-0.15, -0.1) is 0 Å². The second-order valence-electron chi connectivity index (χ2n) is 9.69. The Morgan fingerprint density at radius 2 is 1.67 bits per heavy atom.